The Morgan fingerprint density at radius 3 is 2.49 bits per heavy atom. The van der Waals surface area contributed by atoms with Gasteiger partial charge in [-0.05, 0) is 60.9 Å². The van der Waals surface area contributed by atoms with Crippen LogP contribution in [0.25, 0.3) is 6.08 Å². The monoisotopic (exact) mass is 595 g/mol. The predicted molar refractivity (Wildman–Crippen MR) is 160 cm³/mol. The highest BCUT2D eigenvalue weighted by Crippen LogP contribution is 2.36. The molecule has 0 aliphatic carbocycles. The Morgan fingerprint density at radius 1 is 1.07 bits per heavy atom. The molecule has 1 unspecified atom stereocenters. The van der Waals surface area contributed by atoms with E-state index in [-0.39, 0.29) is 16.2 Å². The number of hydrogen-bond donors (Lipinski definition) is 1. The first-order valence-corrected chi connectivity index (χ1v) is 14.2. The number of amides is 1. The molecule has 1 aliphatic heterocycles. The first-order valence-electron chi connectivity index (χ1n) is 13.0. The average Bonchev–Trinajstić information content (AvgIpc) is 3.20. The highest BCUT2D eigenvalue weighted by atomic mass is 32.2. The van der Waals surface area contributed by atoms with E-state index in [1.807, 2.05) is 44.2 Å². The van der Waals surface area contributed by atoms with Crippen LogP contribution in [-0.2, 0) is 20.7 Å². The summed E-state index contributed by atoms with van der Waals surface area (Å²) in [5.74, 6) is -0.961. The number of aliphatic carboxylic acids is 1. The van der Waals surface area contributed by atoms with Gasteiger partial charge in [0.2, 0.25) is 0 Å². The molecular weight excluding hydrogens is 565 g/mol. The van der Waals surface area contributed by atoms with Crippen LogP contribution in [0, 0.1) is 5.82 Å². The summed E-state index contributed by atoms with van der Waals surface area (Å²) >= 11 is 6.27. The first-order chi connectivity index (χ1) is 19.7. The van der Waals surface area contributed by atoms with Crippen molar-refractivity contribution in [2.75, 3.05) is 19.8 Å². The molecule has 1 heterocycles. The topological polar surface area (TPSA) is 85.3 Å². The Kier molecular flexibility index (Phi) is 10.5. The number of rotatable bonds is 13. The Morgan fingerprint density at radius 2 is 1.80 bits per heavy atom. The van der Waals surface area contributed by atoms with E-state index in [0.717, 1.165) is 27.8 Å². The minimum Gasteiger partial charge on any atom is -0.489 e. The van der Waals surface area contributed by atoms with Crippen LogP contribution in [0.5, 0.6) is 11.5 Å². The normalized spacial score (nSPS) is 15.0. The van der Waals surface area contributed by atoms with Crippen molar-refractivity contribution >= 4 is 46.3 Å². The van der Waals surface area contributed by atoms with E-state index in [0.29, 0.717) is 41.6 Å². The van der Waals surface area contributed by atoms with Crippen molar-refractivity contribution in [1.82, 2.24) is 4.90 Å². The second-order valence-corrected chi connectivity index (χ2v) is 11.2. The number of carbonyl (C=O) groups excluding carboxylic acids is 1. The molecule has 214 valence electrons. The largest absolute Gasteiger partial charge is 0.489 e. The van der Waals surface area contributed by atoms with Crippen molar-refractivity contribution in [3.63, 3.8) is 0 Å². The van der Waals surface area contributed by atoms with E-state index in [1.54, 1.807) is 36.4 Å². The Hall–Kier alpha value is -3.73. The van der Waals surface area contributed by atoms with E-state index in [2.05, 4.69) is 0 Å². The minimum absolute atomic E-state index is 0.00435. The van der Waals surface area contributed by atoms with E-state index in [1.165, 1.54) is 12.1 Å². The van der Waals surface area contributed by atoms with Gasteiger partial charge in [-0.2, -0.15) is 0 Å². The molecule has 0 aromatic heterocycles. The minimum atomic E-state index is -1.14. The summed E-state index contributed by atoms with van der Waals surface area (Å²) in [6, 6.07) is 21.3. The van der Waals surface area contributed by atoms with E-state index >= 15 is 0 Å². The molecule has 1 amide bonds. The van der Waals surface area contributed by atoms with Gasteiger partial charge in [0.25, 0.3) is 5.91 Å². The number of carbonyl (C=O) groups is 2. The predicted octanol–water partition coefficient (Wildman–Crippen LogP) is 6.28. The molecule has 1 atom stereocenters. The molecular formula is C31H30FNO6S2. The summed E-state index contributed by atoms with van der Waals surface area (Å²) in [6.07, 6.45) is 1.77. The maximum absolute atomic E-state index is 13.3. The van der Waals surface area contributed by atoms with Crippen LogP contribution in [0.4, 0.5) is 4.39 Å². The lowest BCUT2D eigenvalue weighted by Crippen LogP contribution is -2.33. The summed E-state index contributed by atoms with van der Waals surface area (Å²) in [4.78, 5) is 25.3. The zero-order valence-electron chi connectivity index (χ0n) is 22.6. The van der Waals surface area contributed by atoms with Gasteiger partial charge < -0.3 is 19.3 Å². The van der Waals surface area contributed by atoms with Crippen LogP contribution in [0.1, 0.15) is 36.6 Å². The summed E-state index contributed by atoms with van der Waals surface area (Å²) in [6.45, 7) is 4.04. The third kappa shape index (κ3) is 8.63. The number of carboxylic acid groups (broad SMARTS) is 1. The summed E-state index contributed by atoms with van der Waals surface area (Å²) in [7, 11) is 0. The van der Waals surface area contributed by atoms with Crippen LogP contribution in [0.2, 0.25) is 0 Å². The number of carboxylic acids is 1. The molecule has 3 aromatic carbocycles. The fraction of sp³-hybridized carbons (Fsp3) is 0.258. The van der Waals surface area contributed by atoms with Crippen molar-refractivity contribution < 1.29 is 33.3 Å². The van der Waals surface area contributed by atoms with Crippen LogP contribution >= 0.6 is 24.0 Å². The molecule has 0 bridgehead atoms. The van der Waals surface area contributed by atoms with Crippen LogP contribution < -0.4 is 9.47 Å². The molecule has 1 fully saturated rings. The van der Waals surface area contributed by atoms with Crippen molar-refractivity contribution in [1.29, 1.82) is 0 Å². The smallest absolute Gasteiger partial charge is 0.323 e. The van der Waals surface area contributed by atoms with Gasteiger partial charge in [-0.1, -0.05) is 72.5 Å². The van der Waals surface area contributed by atoms with Crippen LogP contribution in [0.15, 0.2) is 77.7 Å². The summed E-state index contributed by atoms with van der Waals surface area (Å²) < 4.78 is 32.0. The van der Waals surface area contributed by atoms with Gasteiger partial charge in [-0.15, -0.1) is 0 Å². The Labute approximate surface area is 247 Å². The van der Waals surface area contributed by atoms with Crippen molar-refractivity contribution in [3.05, 3.63) is 100 Å². The zero-order valence-corrected chi connectivity index (χ0v) is 24.3. The summed E-state index contributed by atoms with van der Waals surface area (Å²) in [5.41, 5.74) is 2.50. The number of benzene rings is 3. The second kappa shape index (κ2) is 14.2. The lowest BCUT2D eigenvalue weighted by atomic mass is 10.1. The zero-order chi connectivity index (χ0) is 29.4. The lowest BCUT2D eigenvalue weighted by molar-refractivity contribution is -0.140. The van der Waals surface area contributed by atoms with Gasteiger partial charge in [0, 0.05) is 6.42 Å². The van der Waals surface area contributed by atoms with Crippen LogP contribution in [0.3, 0.4) is 0 Å². The molecule has 1 aliphatic rings. The van der Waals surface area contributed by atoms with Crippen molar-refractivity contribution in [3.8, 4) is 11.5 Å². The molecule has 7 nitrogen and oxygen atoms in total. The fourth-order valence-corrected chi connectivity index (χ4v) is 5.23. The molecule has 4 rings (SSSR count). The maximum Gasteiger partial charge on any atom is 0.323 e. The third-order valence-electron chi connectivity index (χ3n) is 6.02. The highest BCUT2D eigenvalue weighted by Gasteiger charge is 2.33. The van der Waals surface area contributed by atoms with E-state index < -0.39 is 24.5 Å². The standard InChI is InChI=1S/C31H30FNO6S2/c1-20(2)38-19-27(23-6-4-3-5-7-23)39-26-16-22(17-28-30(36)33(18-29(34)35)31(40)41-28)10-13-25(26)37-15-14-21-8-11-24(32)12-9-21/h3-13,16-17,20,27H,14-15,18-19H2,1-2H3,(H,34,35)/b28-17-. The number of thiocarbonyl (C=S) groups is 1. The number of hydrogen-bond acceptors (Lipinski definition) is 7. The number of halogens is 1. The van der Waals surface area contributed by atoms with Gasteiger partial charge in [-0.3, -0.25) is 14.5 Å². The number of thioether (sulfide) groups is 1. The quantitative estimate of drug-likeness (QED) is 0.183. The molecule has 10 heteroatoms. The van der Waals surface area contributed by atoms with Crippen molar-refractivity contribution in [2.45, 2.75) is 32.5 Å². The van der Waals surface area contributed by atoms with Gasteiger partial charge in [-0.25, -0.2) is 4.39 Å². The summed E-state index contributed by atoms with van der Waals surface area (Å²) in [5, 5.41) is 9.12. The molecule has 0 saturated carbocycles. The van der Waals surface area contributed by atoms with Gasteiger partial charge in [0.05, 0.1) is 24.2 Å². The first kappa shape index (κ1) is 30.2. The third-order valence-corrected chi connectivity index (χ3v) is 7.39. The van der Waals surface area contributed by atoms with Gasteiger partial charge in [0.1, 0.15) is 22.8 Å². The van der Waals surface area contributed by atoms with E-state index in [9.17, 15) is 14.0 Å². The van der Waals surface area contributed by atoms with E-state index in [4.69, 9.17) is 31.5 Å². The average molecular weight is 596 g/mol. The Balaban J connectivity index is 1.61. The maximum atomic E-state index is 13.3. The second-order valence-electron chi connectivity index (χ2n) is 9.49. The number of ether oxygens (including phenoxy) is 3. The molecule has 41 heavy (non-hydrogen) atoms. The van der Waals surface area contributed by atoms with Gasteiger partial charge >= 0.3 is 5.97 Å². The highest BCUT2D eigenvalue weighted by molar-refractivity contribution is 8.26. The number of nitrogens with zero attached hydrogens (tertiary/aromatic N) is 1. The SMILES string of the molecule is CC(C)OCC(Oc1cc(/C=C2\SC(=S)N(CC(=O)O)C2=O)ccc1OCCc1ccc(F)cc1)c1ccccc1. The molecule has 0 spiro atoms. The molecule has 1 saturated heterocycles. The lowest BCUT2D eigenvalue weighted by Gasteiger charge is -2.23. The van der Waals surface area contributed by atoms with Crippen LogP contribution in [-0.4, -0.2) is 52.1 Å². The molecule has 1 N–H and O–H groups in total. The fourth-order valence-electron chi connectivity index (χ4n) is 3.98. The van der Waals surface area contributed by atoms with Crippen molar-refractivity contribution in [2.24, 2.45) is 0 Å². The molecule has 3 aromatic rings. The molecule has 0 radical (unpaired) electrons. The Bertz CT molecular complexity index is 1410. The van der Waals surface area contributed by atoms with Gasteiger partial charge in [0.15, 0.2) is 11.5 Å².